The molecule has 1 aliphatic carbocycles. The molecular formula is C42H32N2. The van der Waals surface area contributed by atoms with Gasteiger partial charge in [-0.3, -0.25) is 4.57 Å². The van der Waals surface area contributed by atoms with Crippen LogP contribution in [0.1, 0.15) is 5.56 Å². The fourth-order valence-corrected chi connectivity index (χ4v) is 6.76. The number of nitrogens with zero attached hydrogens (tertiary/aromatic N) is 2. The topological polar surface area (TPSA) is 8.17 Å². The molecule has 0 amide bonds. The van der Waals surface area contributed by atoms with Crippen LogP contribution in [0.15, 0.2) is 176 Å². The Kier molecular flexibility index (Phi) is 6.46. The second kappa shape index (κ2) is 10.9. The Morgan fingerprint density at radius 1 is 0.523 bits per heavy atom. The highest BCUT2D eigenvalue weighted by molar-refractivity contribution is 6.00. The van der Waals surface area contributed by atoms with Crippen molar-refractivity contribution in [1.82, 2.24) is 4.57 Å². The number of hydrogen-bond donors (Lipinski definition) is 0. The average Bonchev–Trinajstić information content (AvgIpc) is 3.41. The molecular weight excluding hydrogens is 532 g/mol. The Morgan fingerprint density at radius 3 is 1.84 bits per heavy atom. The molecule has 2 nitrogen and oxygen atoms in total. The van der Waals surface area contributed by atoms with Crippen LogP contribution in [-0.2, 0) is 0 Å². The van der Waals surface area contributed by atoms with Crippen molar-refractivity contribution in [2.75, 3.05) is 4.90 Å². The van der Waals surface area contributed by atoms with Gasteiger partial charge in [0.05, 0.1) is 11.6 Å². The zero-order valence-corrected chi connectivity index (χ0v) is 24.4. The fraction of sp³-hybridized carbons (Fsp3) is 0.0476. The van der Waals surface area contributed by atoms with Crippen LogP contribution in [0.25, 0.3) is 44.9 Å². The van der Waals surface area contributed by atoms with Crippen LogP contribution in [0, 0.1) is 5.92 Å². The summed E-state index contributed by atoms with van der Waals surface area (Å²) >= 11 is 0. The van der Waals surface area contributed by atoms with Crippen molar-refractivity contribution in [2.45, 2.75) is 6.04 Å². The molecule has 2 unspecified atom stereocenters. The highest BCUT2D eigenvalue weighted by Crippen LogP contribution is 2.46. The van der Waals surface area contributed by atoms with Crippen molar-refractivity contribution in [3.05, 3.63) is 182 Å². The zero-order chi connectivity index (χ0) is 29.5. The van der Waals surface area contributed by atoms with Gasteiger partial charge >= 0.3 is 0 Å². The lowest BCUT2D eigenvalue weighted by Gasteiger charge is -2.39. The van der Waals surface area contributed by atoms with Crippen LogP contribution in [-0.4, -0.2) is 10.6 Å². The number of fused-ring (bicyclic) bond motifs is 4. The molecule has 2 atom stereocenters. The van der Waals surface area contributed by atoms with E-state index in [0.29, 0.717) is 0 Å². The molecule has 0 bridgehead atoms. The summed E-state index contributed by atoms with van der Waals surface area (Å²) in [5.74, 6) is 1.28. The molecule has 0 spiro atoms. The van der Waals surface area contributed by atoms with Gasteiger partial charge in [0.1, 0.15) is 5.82 Å². The number of anilines is 2. The van der Waals surface area contributed by atoms with Gasteiger partial charge in [-0.15, -0.1) is 0 Å². The van der Waals surface area contributed by atoms with Gasteiger partial charge in [-0.1, -0.05) is 146 Å². The number of allylic oxidation sites excluding steroid dienone is 3. The number of para-hydroxylation sites is 1. The van der Waals surface area contributed by atoms with Crippen molar-refractivity contribution >= 4 is 28.5 Å². The Labute approximate surface area is 258 Å². The summed E-state index contributed by atoms with van der Waals surface area (Å²) in [6.45, 7) is 4.55. The van der Waals surface area contributed by atoms with Gasteiger partial charge in [0.2, 0.25) is 0 Å². The highest BCUT2D eigenvalue weighted by atomic mass is 15.3. The Balaban J connectivity index is 1.43. The van der Waals surface area contributed by atoms with E-state index in [0.717, 1.165) is 22.8 Å². The van der Waals surface area contributed by atoms with Gasteiger partial charge in [-0.25, -0.2) is 0 Å². The van der Waals surface area contributed by atoms with Crippen molar-refractivity contribution in [3.8, 4) is 27.9 Å². The van der Waals surface area contributed by atoms with Crippen LogP contribution in [0.4, 0.5) is 11.5 Å². The summed E-state index contributed by atoms with van der Waals surface area (Å²) in [6, 6.07) is 48.0. The summed E-state index contributed by atoms with van der Waals surface area (Å²) in [5, 5.41) is 1.22. The minimum Gasteiger partial charge on any atom is -0.319 e. The molecule has 6 aromatic rings. The molecule has 210 valence electrons. The van der Waals surface area contributed by atoms with Gasteiger partial charge in [-0.05, 0) is 58.2 Å². The van der Waals surface area contributed by atoms with E-state index in [1.165, 1.54) is 38.7 Å². The first-order valence-electron chi connectivity index (χ1n) is 15.2. The Bertz CT molecular complexity index is 2090. The molecule has 2 heteroatoms. The first-order chi connectivity index (χ1) is 21.8. The predicted molar refractivity (Wildman–Crippen MR) is 186 cm³/mol. The van der Waals surface area contributed by atoms with E-state index in [1.807, 2.05) is 0 Å². The summed E-state index contributed by atoms with van der Waals surface area (Å²) in [5.41, 5.74) is 10.6. The Morgan fingerprint density at radius 2 is 1.11 bits per heavy atom. The van der Waals surface area contributed by atoms with Gasteiger partial charge in [0, 0.05) is 28.2 Å². The zero-order valence-electron chi connectivity index (χ0n) is 24.4. The molecule has 44 heavy (non-hydrogen) atoms. The third-order valence-electron chi connectivity index (χ3n) is 8.86. The van der Waals surface area contributed by atoms with Crippen molar-refractivity contribution in [3.63, 3.8) is 0 Å². The van der Waals surface area contributed by atoms with E-state index >= 15 is 0 Å². The van der Waals surface area contributed by atoms with E-state index in [4.69, 9.17) is 0 Å². The third-order valence-corrected chi connectivity index (χ3v) is 8.86. The van der Waals surface area contributed by atoms with Crippen molar-refractivity contribution in [1.29, 1.82) is 0 Å². The van der Waals surface area contributed by atoms with E-state index < -0.39 is 0 Å². The number of rotatable bonds is 4. The van der Waals surface area contributed by atoms with Crippen LogP contribution < -0.4 is 4.90 Å². The standard InChI is InChI=1S/C42H32N2/c1-30-26-27-39-38-23-9-11-25-41(38)44(36-21-13-19-34(29-36)32-16-6-3-7-17-32)42(39)43(40-24-10-8-22-37(30)40)35-20-12-18-33(28-35)31-14-4-2-5-15-31/h2-29,37,40H,1H2/b27-26-. The SMILES string of the molecule is C=C1/C=C\c2c(n(-c3cccc(-c4ccccc4)c3)c3ccccc23)N(c2cccc(-c3ccccc3)c2)C2C=CC=CC12. The smallest absolute Gasteiger partial charge is 0.126 e. The average molecular weight is 565 g/mol. The molecule has 1 aliphatic heterocycles. The number of aromatic nitrogens is 1. The maximum absolute atomic E-state index is 4.55. The van der Waals surface area contributed by atoms with Crippen LogP contribution in [0.3, 0.4) is 0 Å². The summed E-state index contributed by atoms with van der Waals surface area (Å²) < 4.78 is 2.45. The number of benzene rings is 5. The number of hydrogen-bond acceptors (Lipinski definition) is 1. The molecule has 2 aliphatic rings. The molecule has 5 aromatic carbocycles. The van der Waals surface area contributed by atoms with E-state index in [2.05, 4.69) is 186 Å². The summed E-state index contributed by atoms with van der Waals surface area (Å²) in [4.78, 5) is 2.54. The van der Waals surface area contributed by atoms with E-state index in [9.17, 15) is 0 Å². The maximum atomic E-state index is 4.55. The van der Waals surface area contributed by atoms with Crippen LogP contribution in [0.5, 0.6) is 0 Å². The summed E-state index contributed by atoms with van der Waals surface area (Å²) in [6.07, 6.45) is 13.4. The lowest BCUT2D eigenvalue weighted by atomic mass is 9.85. The van der Waals surface area contributed by atoms with Gasteiger partial charge in [0.15, 0.2) is 0 Å². The molecule has 0 saturated heterocycles. The predicted octanol–water partition coefficient (Wildman–Crippen LogP) is 10.8. The monoisotopic (exact) mass is 564 g/mol. The van der Waals surface area contributed by atoms with Gasteiger partial charge < -0.3 is 4.90 Å². The van der Waals surface area contributed by atoms with Gasteiger partial charge in [-0.2, -0.15) is 0 Å². The third kappa shape index (κ3) is 4.44. The van der Waals surface area contributed by atoms with Crippen molar-refractivity contribution < 1.29 is 0 Å². The Hall–Kier alpha value is -5.60. The van der Waals surface area contributed by atoms with Crippen molar-refractivity contribution in [2.24, 2.45) is 5.92 Å². The molecule has 0 N–H and O–H groups in total. The maximum Gasteiger partial charge on any atom is 0.126 e. The first kappa shape index (κ1) is 26.1. The largest absolute Gasteiger partial charge is 0.319 e. The fourth-order valence-electron chi connectivity index (χ4n) is 6.76. The molecule has 0 radical (unpaired) electrons. The second-order valence-corrected chi connectivity index (χ2v) is 11.5. The lowest BCUT2D eigenvalue weighted by Crippen LogP contribution is -2.38. The van der Waals surface area contributed by atoms with E-state index in [1.54, 1.807) is 0 Å². The normalized spacial score (nSPS) is 18.0. The minimum absolute atomic E-state index is 0.0441. The van der Waals surface area contributed by atoms with Gasteiger partial charge in [0.25, 0.3) is 0 Å². The molecule has 8 rings (SSSR count). The van der Waals surface area contributed by atoms with E-state index in [-0.39, 0.29) is 12.0 Å². The molecule has 0 saturated carbocycles. The molecule has 0 fully saturated rings. The second-order valence-electron chi connectivity index (χ2n) is 11.5. The lowest BCUT2D eigenvalue weighted by molar-refractivity contribution is 0.636. The van der Waals surface area contributed by atoms with Crippen LogP contribution in [0.2, 0.25) is 0 Å². The first-order valence-corrected chi connectivity index (χ1v) is 15.2. The highest BCUT2D eigenvalue weighted by Gasteiger charge is 2.34. The van der Waals surface area contributed by atoms with Crippen LogP contribution >= 0.6 is 0 Å². The molecule has 2 heterocycles. The molecule has 1 aromatic heterocycles. The summed E-state index contributed by atoms with van der Waals surface area (Å²) in [7, 11) is 0. The quantitative estimate of drug-likeness (QED) is 0.207. The minimum atomic E-state index is 0.0441.